The number of alkyl halides is 3. The van der Waals surface area contributed by atoms with E-state index in [1.54, 1.807) is 6.92 Å². The Kier molecular flexibility index (Phi) is 8.53. The monoisotopic (exact) mass is 685 g/mol. The molecule has 3 atom stereocenters. The average Bonchev–Trinajstić information content (AvgIpc) is 3.47. The number of carbonyl (C=O) groups excluding carboxylic acids is 4. The summed E-state index contributed by atoms with van der Waals surface area (Å²) in [5, 5.41) is 1.74. The molecule has 4 aromatic rings. The predicted molar refractivity (Wildman–Crippen MR) is 165 cm³/mol. The highest BCUT2D eigenvalue weighted by Crippen LogP contribution is 2.54. The van der Waals surface area contributed by atoms with Gasteiger partial charge in [0.15, 0.2) is 0 Å². The van der Waals surface area contributed by atoms with Crippen LogP contribution in [0.2, 0.25) is 0 Å². The zero-order chi connectivity index (χ0) is 33.6. The van der Waals surface area contributed by atoms with Crippen molar-refractivity contribution < 1.29 is 41.5 Å². The second kappa shape index (κ2) is 12.4. The first-order valence-corrected chi connectivity index (χ1v) is 15.8. The molecule has 1 saturated heterocycles. The average molecular weight is 686 g/mol. The molecule has 1 N–H and O–H groups in total. The van der Waals surface area contributed by atoms with Gasteiger partial charge in [0.25, 0.3) is 0 Å². The summed E-state index contributed by atoms with van der Waals surface area (Å²) in [5.74, 6) is -5.29. The first-order chi connectivity index (χ1) is 22.4. The molecular weight excluding hydrogens is 662 g/mol. The van der Waals surface area contributed by atoms with Crippen LogP contribution in [0.4, 0.5) is 28.9 Å². The standard InChI is InChI=1S/C32H23F4N3O6S2/c1-2-45-30(43)17-8-12-20(13-9-17)37-22(40)15-38-29-26(47-31(38)44)23(16-6-10-19(33)11-7-16)24-25(46-29)28(42)39(27(24)41)21-5-3-4-18(14-21)32(34,35)36/h3-14,23-25H,2,15H2,1H3,(H,37,40). The molecule has 242 valence electrons. The molecule has 0 radical (unpaired) electrons. The molecule has 3 unspecified atom stereocenters. The van der Waals surface area contributed by atoms with Gasteiger partial charge in [-0.2, -0.15) is 13.2 Å². The topological polar surface area (TPSA) is 115 Å². The number of nitrogens with zero attached hydrogens (tertiary/aromatic N) is 2. The fraction of sp³-hybridized carbons (Fsp3) is 0.219. The second-order valence-corrected chi connectivity index (χ2v) is 12.7. The Hall–Kier alpha value is -4.76. The number of benzene rings is 3. The number of thioether (sulfide) groups is 1. The first-order valence-electron chi connectivity index (χ1n) is 14.1. The van der Waals surface area contributed by atoms with Gasteiger partial charge in [0.2, 0.25) is 17.7 Å². The van der Waals surface area contributed by atoms with Crippen LogP contribution in [-0.4, -0.2) is 40.1 Å². The number of aromatic nitrogens is 1. The number of hydrogen-bond acceptors (Lipinski definition) is 8. The smallest absolute Gasteiger partial charge is 0.416 e. The molecule has 1 fully saturated rings. The molecule has 1 aromatic heterocycles. The van der Waals surface area contributed by atoms with Gasteiger partial charge in [0, 0.05) is 16.5 Å². The summed E-state index contributed by atoms with van der Waals surface area (Å²) in [6.07, 6.45) is -4.72. The van der Waals surface area contributed by atoms with Gasteiger partial charge in [-0.05, 0) is 67.1 Å². The van der Waals surface area contributed by atoms with Crippen molar-refractivity contribution in [3.8, 4) is 0 Å². The molecule has 15 heteroatoms. The number of imide groups is 1. The fourth-order valence-corrected chi connectivity index (χ4v) is 8.38. The van der Waals surface area contributed by atoms with E-state index in [9.17, 15) is 41.5 Å². The van der Waals surface area contributed by atoms with E-state index in [1.807, 2.05) is 0 Å². The third-order valence-corrected chi connectivity index (χ3v) is 10.3. The van der Waals surface area contributed by atoms with Gasteiger partial charge in [-0.15, -0.1) is 0 Å². The van der Waals surface area contributed by atoms with Crippen LogP contribution in [0.3, 0.4) is 0 Å². The second-order valence-electron chi connectivity index (χ2n) is 10.6. The van der Waals surface area contributed by atoms with Gasteiger partial charge in [-0.25, -0.2) is 14.1 Å². The Morgan fingerprint density at radius 2 is 1.66 bits per heavy atom. The van der Waals surface area contributed by atoms with Gasteiger partial charge < -0.3 is 10.1 Å². The number of rotatable bonds is 7. The van der Waals surface area contributed by atoms with Crippen LogP contribution in [0, 0.1) is 11.7 Å². The zero-order valence-electron chi connectivity index (χ0n) is 24.2. The van der Waals surface area contributed by atoms with E-state index in [0.717, 1.165) is 58.3 Å². The van der Waals surface area contributed by atoms with Gasteiger partial charge in [-0.1, -0.05) is 41.3 Å². The molecule has 0 bridgehead atoms. The lowest BCUT2D eigenvalue weighted by molar-refractivity contribution is -0.137. The van der Waals surface area contributed by atoms with E-state index < -0.39 is 69.8 Å². The van der Waals surface area contributed by atoms with Crippen molar-refractivity contribution >= 4 is 58.2 Å². The molecule has 2 aliphatic rings. The van der Waals surface area contributed by atoms with Crippen molar-refractivity contribution in [3.05, 3.63) is 110 Å². The summed E-state index contributed by atoms with van der Waals surface area (Å²) in [7, 11) is 0. The summed E-state index contributed by atoms with van der Waals surface area (Å²) in [5.41, 5.74) is -0.264. The zero-order valence-corrected chi connectivity index (χ0v) is 25.9. The Labute approximate surface area is 272 Å². The Balaban J connectivity index is 1.34. The third-order valence-electron chi connectivity index (χ3n) is 7.69. The van der Waals surface area contributed by atoms with Crippen LogP contribution in [0.15, 0.2) is 82.6 Å². The molecule has 3 aromatic carbocycles. The molecule has 47 heavy (non-hydrogen) atoms. The quantitative estimate of drug-likeness (QED) is 0.151. The Bertz CT molecular complexity index is 1960. The number of esters is 1. The molecule has 0 saturated carbocycles. The maximum Gasteiger partial charge on any atom is 0.416 e. The van der Waals surface area contributed by atoms with Crippen LogP contribution in [0.25, 0.3) is 0 Å². The largest absolute Gasteiger partial charge is 0.462 e. The van der Waals surface area contributed by atoms with Crippen LogP contribution >= 0.6 is 23.1 Å². The molecule has 0 spiro atoms. The summed E-state index contributed by atoms with van der Waals surface area (Å²) in [4.78, 5) is 66.6. The SMILES string of the molecule is CCOC(=O)c1ccc(NC(=O)Cn2c3c(sc2=O)C(c2ccc(F)cc2)C2C(=O)N(c4cccc(C(F)(F)F)c4)C(=O)C2S3)cc1. The molecule has 9 nitrogen and oxygen atoms in total. The number of thiazole rings is 1. The molecule has 0 aliphatic carbocycles. The summed E-state index contributed by atoms with van der Waals surface area (Å²) in [6, 6.07) is 15.0. The van der Waals surface area contributed by atoms with Crippen LogP contribution in [0.5, 0.6) is 0 Å². The van der Waals surface area contributed by atoms with Gasteiger partial charge in [0.05, 0.1) is 34.4 Å². The van der Waals surface area contributed by atoms with E-state index in [-0.39, 0.29) is 22.9 Å². The molecule has 3 heterocycles. The van der Waals surface area contributed by atoms with E-state index in [1.165, 1.54) is 47.0 Å². The van der Waals surface area contributed by atoms with Crippen molar-refractivity contribution in [3.63, 3.8) is 0 Å². The maximum atomic E-state index is 13.9. The van der Waals surface area contributed by atoms with E-state index in [4.69, 9.17) is 4.74 Å². The van der Waals surface area contributed by atoms with Crippen LogP contribution in [-0.2, 0) is 31.8 Å². The summed E-state index contributed by atoms with van der Waals surface area (Å²) in [6.45, 7) is 1.40. The number of amides is 3. The number of carbonyl (C=O) groups is 4. The molecule has 3 amide bonds. The van der Waals surface area contributed by atoms with E-state index in [0.29, 0.717) is 16.1 Å². The summed E-state index contributed by atoms with van der Waals surface area (Å²) < 4.78 is 60.5. The lowest BCUT2D eigenvalue weighted by Gasteiger charge is -2.30. The number of hydrogen-bond donors (Lipinski definition) is 1. The van der Waals surface area contributed by atoms with E-state index >= 15 is 0 Å². The van der Waals surface area contributed by atoms with Gasteiger partial charge >= 0.3 is 17.0 Å². The highest BCUT2D eigenvalue weighted by atomic mass is 32.2. The highest BCUT2D eigenvalue weighted by Gasteiger charge is 2.57. The Morgan fingerprint density at radius 1 is 0.957 bits per heavy atom. The normalized spacial score (nSPS) is 18.9. The summed E-state index contributed by atoms with van der Waals surface area (Å²) >= 11 is 1.66. The van der Waals surface area contributed by atoms with Crippen molar-refractivity contribution in [2.75, 3.05) is 16.8 Å². The first kappa shape index (κ1) is 32.2. The number of ether oxygens (including phenoxy) is 1. The predicted octanol–water partition coefficient (Wildman–Crippen LogP) is 5.68. The fourth-order valence-electron chi connectivity index (χ4n) is 5.61. The number of halogens is 4. The van der Waals surface area contributed by atoms with Crippen molar-refractivity contribution in [2.45, 2.75) is 35.8 Å². The van der Waals surface area contributed by atoms with Crippen LogP contribution in [0.1, 0.15) is 39.2 Å². The third kappa shape index (κ3) is 6.07. The minimum atomic E-state index is -4.72. The number of nitrogens with one attached hydrogen (secondary N) is 1. The van der Waals surface area contributed by atoms with Gasteiger partial charge in [0.1, 0.15) is 17.6 Å². The van der Waals surface area contributed by atoms with Crippen molar-refractivity contribution in [1.82, 2.24) is 4.57 Å². The minimum absolute atomic E-state index is 0.196. The van der Waals surface area contributed by atoms with Crippen molar-refractivity contribution in [1.29, 1.82) is 0 Å². The van der Waals surface area contributed by atoms with Crippen molar-refractivity contribution in [2.24, 2.45) is 5.92 Å². The molecular formula is C32H23F4N3O6S2. The molecule has 6 rings (SSSR count). The number of anilines is 2. The highest BCUT2D eigenvalue weighted by molar-refractivity contribution is 8.00. The molecule has 2 aliphatic heterocycles. The maximum absolute atomic E-state index is 13.9. The lowest BCUT2D eigenvalue weighted by Crippen LogP contribution is -2.33. The minimum Gasteiger partial charge on any atom is -0.462 e. The van der Waals surface area contributed by atoms with E-state index in [2.05, 4.69) is 5.32 Å². The lowest BCUT2D eigenvalue weighted by atomic mass is 9.83. The number of fused-ring (bicyclic) bond motifs is 2. The Morgan fingerprint density at radius 3 is 2.32 bits per heavy atom. The van der Waals surface area contributed by atoms with Crippen LogP contribution < -0.4 is 15.1 Å². The van der Waals surface area contributed by atoms with Gasteiger partial charge in [-0.3, -0.25) is 23.7 Å².